The first-order chi connectivity index (χ1) is 7.43. The summed E-state index contributed by atoms with van der Waals surface area (Å²) in [6, 6.07) is 4.34. The Morgan fingerprint density at radius 3 is 2.73 bits per heavy atom. The van der Waals surface area contributed by atoms with Crippen molar-refractivity contribution in [1.29, 1.82) is 0 Å². The molecule has 0 radical (unpaired) electrons. The third kappa shape index (κ3) is 6.66. The Balaban J connectivity index is 1.81. The number of thiophene rings is 1. The van der Waals surface area contributed by atoms with Crippen LogP contribution in [0, 0.1) is 0 Å². The van der Waals surface area contributed by atoms with E-state index in [-0.39, 0.29) is 6.61 Å². The minimum Gasteiger partial charge on any atom is -0.395 e. The topological polar surface area (TPSA) is 32.3 Å². The zero-order valence-electron chi connectivity index (χ0n) is 9.24. The molecule has 15 heavy (non-hydrogen) atoms. The van der Waals surface area contributed by atoms with Crippen LogP contribution in [0.15, 0.2) is 17.5 Å². The molecule has 0 bridgehead atoms. The van der Waals surface area contributed by atoms with Crippen LogP contribution in [0.5, 0.6) is 0 Å². The highest BCUT2D eigenvalue weighted by Gasteiger charge is 1.94. The van der Waals surface area contributed by atoms with Gasteiger partial charge in [-0.25, -0.2) is 0 Å². The molecule has 0 aromatic carbocycles. The maximum atomic E-state index is 8.55. The third-order valence-electron chi connectivity index (χ3n) is 2.40. The molecule has 0 aliphatic rings. The second-order valence-corrected chi connectivity index (χ2v) is 4.75. The third-order valence-corrected chi connectivity index (χ3v) is 3.33. The molecule has 1 rings (SSSR count). The fraction of sp³-hybridized carbons (Fsp3) is 0.667. The molecule has 0 aliphatic heterocycles. The van der Waals surface area contributed by atoms with Crippen molar-refractivity contribution in [2.24, 2.45) is 0 Å². The summed E-state index contributed by atoms with van der Waals surface area (Å²) in [6.07, 6.45) is 6.38. The van der Waals surface area contributed by atoms with Crippen LogP contribution in [0.1, 0.15) is 30.6 Å². The highest BCUT2D eigenvalue weighted by Crippen LogP contribution is 2.12. The Bertz CT molecular complexity index is 224. The fourth-order valence-electron chi connectivity index (χ4n) is 1.56. The van der Waals surface area contributed by atoms with E-state index in [1.54, 1.807) is 0 Å². The van der Waals surface area contributed by atoms with Gasteiger partial charge in [-0.2, -0.15) is 0 Å². The molecular formula is C12H21NOS. The van der Waals surface area contributed by atoms with E-state index in [2.05, 4.69) is 22.8 Å². The van der Waals surface area contributed by atoms with Crippen molar-refractivity contribution in [3.63, 3.8) is 0 Å². The van der Waals surface area contributed by atoms with Gasteiger partial charge in [-0.15, -0.1) is 11.3 Å². The summed E-state index contributed by atoms with van der Waals surface area (Å²) in [5, 5.41) is 13.9. The zero-order chi connectivity index (χ0) is 10.8. The van der Waals surface area contributed by atoms with E-state index in [0.717, 1.165) is 13.1 Å². The van der Waals surface area contributed by atoms with Gasteiger partial charge in [0.2, 0.25) is 0 Å². The van der Waals surface area contributed by atoms with Gasteiger partial charge >= 0.3 is 0 Å². The van der Waals surface area contributed by atoms with Crippen LogP contribution < -0.4 is 5.32 Å². The largest absolute Gasteiger partial charge is 0.395 e. The Morgan fingerprint density at radius 1 is 1.13 bits per heavy atom. The van der Waals surface area contributed by atoms with Crippen molar-refractivity contribution in [1.82, 2.24) is 5.32 Å². The average Bonchev–Trinajstić information content (AvgIpc) is 2.75. The van der Waals surface area contributed by atoms with Crippen molar-refractivity contribution in [3.05, 3.63) is 22.4 Å². The quantitative estimate of drug-likeness (QED) is 0.635. The van der Waals surface area contributed by atoms with Gasteiger partial charge in [-0.3, -0.25) is 0 Å². The van der Waals surface area contributed by atoms with E-state index in [1.807, 2.05) is 11.3 Å². The molecule has 1 aromatic heterocycles. The van der Waals surface area contributed by atoms with Crippen LogP contribution in [-0.4, -0.2) is 24.8 Å². The van der Waals surface area contributed by atoms with Gasteiger partial charge in [0.15, 0.2) is 0 Å². The van der Waals surface area contributed by atoms with Gasteiger partial charge in [0, 0.05) is 11.4 Å². The first kappa shape index (κ1) is 12.7. The summed E-state index contributed by atoms with van der Waals surface area (Å²) in [7, 11) is 0. The maximum absolute atomic E-state index is 8.55. The molecule has 1 heterocycles. The first-order valence-electron chi connectivity index (χ1n) is 5.77. The smallest absolute Gasteiger partial charge is 0.0555 e. The Kier molecular flexibility index (Phi) is 7.52. The molecule has 1 aromatic rings. The number of nitrogens with one attached hydrogen (secondary N) is 1. The van der Waals surface area contributed by atoms with Crippen molar-refractivity contribution < 1.29 is 5.11 Å². The van der Waals surface area contributed by atoms with E-state index in [4.69, 9.17) is 5.11 Å². The van der Waals surface area contributed by atoms with Crippen LogP contribution in [0.2, 0.25) is 0 Å². The van der Waals surface area contributed by atoms with Crippen LogP contribution in [0.25, 0.3) is 0 Å². The number of rotatable bonds is 9. The predicted octanol–water partition coefficient (Wildman–Crippen LogP) is 2.43. The SMILES string of the molecule is OCCNCCCCCCc1cccs1. The lowest BCUT2D eigenvalue weighted by Gasteiger charge is -2.02. The molecule has 0 fully saturated rings. The number of aryl methyl sites for hydroxylation is 1. The maximum Gasteiger partial charge on any atom is 0.0555 e. The highest BCUT2D eigenvalue weighted by atomic mass is 32.1. The minimum atomic E-state index is 0.248. The fourth-order valence-corrected chi connectivity index (χ4v) is 2.31. The molecule has 2 nitrogen and oxygen atoms in total. The number of aliphatic hydroxyl groups is 1. The highest BCUT2D eigenvalue weighted by molar-refractivity contribution is 7.09. The predicted molar refractivity (Wildman–Crippen MR) is 66.4 cm³/mol. The van der Waals surface area contributed by atoms with Crippen molar-refractivity contribution in [2.75, 3.05) is 19.7 Å². The molecule has 0 saturated heterocycles. The van der Waals surface area contributed by atoms with Gasteiger partial charge in [0.25, 0.3) is 0 Å². The van der Waals surface area contributed by atoms with Crippen molar-refractivity contribution in [2.45, 2.75) is 32.1 Å². The summed E-state index contributed by atoms with van der Waals surface area (Å²) in [5.41, 5.74) is 0. The second-order valence-electron chi connectivity index (χ2n) is 3.72. The number of aliphatic hydroxyl groups excluding tert-OH is 1. The Hall–Kier alpha value is -0.380. The summed E-state index contributed by atoms with van der Waals surface area (Å²) < 4.78 is 0. The van der Waals surface area contributed by atoms with E-state index in [9.17, 15) is 0 Å². The molecule has 86 valence electrons. The van der Waals surface area contributed by atoms with E-state index in [1.165, 1.54) is 37.0 Å². The van der Waals surface area contributed by atoms with Crippen LogP contribution >= 0.6 is 11.3 Å². The molecular weight excluding hydrogens is 206 g/mol. The number of hydrogen-bond acceptors (Lipinski definition) is 3. The molecule has 0 saturated carbocycles. The van der Waals surface area contributed by atoms with E-state index < -0.39 is 0 Å². The van der Waals surface area contributed by atoms with Gasteiger partial charge in [-0.1, -0.05) is 18.9 Å². The first-order valence-corrected chi connectivity index (χ1v) is 6.65. The average molecular weight is 227 g/mol. The van der Waals surface area contributed by atoms with Crippen molar-refractivity contribution >= 4 is 11.3 Å². The van der Waals surface area contributed by atoms with Crippen LogP contribution in [0.3, 0.4) is 0 Å². The molecule has 0 aliphatic carbocycles. The second kappa shape index (κ2) is 8.89. The van der Waals surface area contributed by atoms with Gasteiger partial charge in [-0.05, 0) is 37.3 Å². The normalized spacial score (nSPS) is 10.7. The van der Waals surface area contributed by atoms with E-state index >= 15 is 0 Å². The van der Waals surface area contributed by atoms with Crippen LogP contribution in [0.4, 0.5) is 0 Å². The summed E-state index contributed by atoms with van der Waals surface area (Å²) in [6.45, 7) is 2.02. The monoisotopic (exact) mass is 227 g/mol. The molecule has 0 atom stereocenters. The Labute approximate surface area is 96.3 Å². The molecule has 0 amide bonds. The lowest BCUT2D eigenvalue weighted by atomic mass is 10.1. The molecule has 0 spiro atoms. The molecule has 2 N–H and O–H groups in total. The molecule has 0 unspecified atom stereocenters. The standard InChI is InChI=1S/C12H21NOS/c14-10-9-13-8-4-2-1-3-6-12-7-5-11-15-12/h5,7,11,13-14H,1-4,6,8-10H2. The number of unbranched alkanes of at least 4 members (excludes halogenated alkanes) is 3. The van der Waals surface area contributed by atoms with E-state index in [0.29, 0.717) is 0 Å². The van der Waals surface area contributed by atoms with Gasteiger partial charge in [0.05, 0.1) is 6.61 Å². The summed E-state index contributed by atoms with van der Waals surface area (Å²) in [4.78, 5) is 1.51. The summed E-state index contributed by atoms with van der Waals surface area (Å²) in [5.74, 6) is 0. The van der Waals surface area contributed by atoms with Crippen LogP contribution in [-0.2, 0) is 6.42 Å². The van der Waals surface area contributed by atoms with Gasteiger partial charge < -0.3 is 10.4 Å². The van der Waals surface area contributed by atoms with Gasteiger partial charge in [0.1, 0.15) is 0 Å². The van der Waals surface area contributed by atoms with Crippen molar-refractivity contribution in [3.8, 4) is 0 Å². The lowest BCUT2D eigenvalue weighted by Crippen LogP contribution is -2.19. The summed E-state index contributed by atoms with van der Waals surface area (Å²) >= 11 is 1.86. The molecule has 3 heteroatoms. The Morgan fingerprint density at radius 2 is 2.00 bits per heavy atom. The lowest BCUT2D eigenvalue weighted by molar-refractivity contribution is 0.292. The minimum absolute atomic E-state index is 0.248. The zero-order valence-corrected chi connectivity index (χ0v) is 10.1. The number of hydrogen-bond donors (Lipinski definition) is 2.